The highest BCUT2D eigenvalue weighted by molar-refractivity contribution is 7.47. The summed E-state index contributed by atoms with van der Waals surface area (Å²) in [6.45, 7) is 4.77. The van der Waals surface area contributed by atoms with Crippen molar-refractivity contribution in [1.82, 2.24) is 5.32 Å². The highest BCUT2D eigenvalue weighted by atomic mass is 31.2. The molecular formula is C62H112N2O6P+. The lowest BCUT2D eigenvalue weighted by Gasteiger charge is -2.26. The van der Waals surface area contributed by atoms with Gasteiger partial charge in [0.25, 0.3) is 0 Å². The van der Waals surface area contributed by atoms with Crippen molar-refractivity contribution < 1.29 is 32.9 Å². The number of nitrogens with zero attached hydrogens (tertiary/aromatic N) is 1. The van der Waals surface area contributed by atoms with Crippen LogP contribution in [0, 0.1) is 0 Å². The van der Waals surface area contributed by atoms with Gasteiger partial charge in [-0.3, -0.25) is 13.8 Å². The molecule has 0 aromatic heterocycles. The van der Waals surface area contributed by atoms with Crippen molar-refractivity contribution in [3.63, 3.8) is 0 Å². The van der Waals surface area contributed by atoms with Gasteiger partial charge in [0.15, 0.2) is 0 Å². The van der Waals surface area contributed by atoms with Crippen LogP contribution in [0.2, 0.25) is 0 Å². The minimum atomic E-state index is -4.33. The van der Waals surface area contributed by atoms with Gasteiger partial charge in [-0.15, -0.1) is 0 Å². The van der Waals surface area contributed by atoms with E-state index in [2.05, 4.69) is 116 Å². The number of hydrogen-bond donors (Lipinski definition) is 3. The van der Waals surface area contributed by atoms with E-state index < -0.39 is 20.0 Å². The van der Waals surface area contributed by atoms with Crippen LogP contribution in [0.15, 0.2) is 97.2 Å². The molecule has 1 amide bonds. The van der Waals surface area contributed by atoms with Crippen LogP contribution in [0.25, 0.3) is 0 Å². The van der Waals surface area contributed by atoms with E-state index >= 15 is 0 Å². The molecule has 3 unspecified atom stereocenters. The fourth-order valence-electron chi connectivity index (χ4n) is 8.06. The van der Waals surface area contributed by atoms with Crippen LogP contribution in [-0.4, -0.2) is 73.4 Å². The second kappa shape index (κ2) is 52.3. The van der Waals surface area contributed by atoms with Crippen LogP contribution in [0.4, 0.5) is 0 Å². The normalized spacial score (nSPS) is 14.6. The van der Waals surface area contributed by atoms with E-state index in [0.717, 1.165) is 96.3 Å². The first-order valence-corrected chi connectivity index (χ1v) is 30.6. The lowest BCUT2D eigenvalue weighted by atomic mass is 10.0. The monoisotopic (exact) mass is 1010 g/mol. The zero-order chi connectivity index (χ0) is 52.0. The Balaban J connectivity index is 4.18. The Morgan fingerprint density at radius 2 is 0.845 bits per heavy atom. The summed E-state index contributed by atoms with van der Waals surface area (Å²) in [7, 11) is 1.60. The Morgan fingerprint density at radius 1 is 0.493 bits per heavy atom. The van der Waals surface area contributed by atoms with E-state index in [1.54, 1.807) is 0 Å². The quantitative estimate of drug-likeness (QED) is 0.0243. The largest absolute Gasteiger partial charge is 0.472 e. The molecule has 410 valence electrons. The number of quaternary nitrogens is 1. The molecule has 0 aliphatic rings. The number of likely N-dealkylation sites (N-methyl/N-ethyl adjacent to an activating group) is 1. The zero-order valence-corrected chi connectivity index (χ0v) is 47.6. The van der Waals surface area contributed by atoms with Gasteiger partial charge in [0.2, 0.25) is 5.91 Å². The first-order valence-electron chi connectivity index (χ1n) is 29.1. The van der Waals surface area contributed by atoms with Gasteiger partial charge in [0.1, 0.15) is 13.2 Å². The number of rotatable bonds is 52. The lowest BCUT2D eigenvalue weighted by Crippen LogP contribution is -2.46. The topological polar surface area (TPSA) is 105 Å². The highest BCUT2D eigenvalue weighted by Crippen LogP contribution is 2.43. The maximum Gasteiger partial charge on any atom is 0.472 e. The Labute approximate surface area is 439 Å². The SMILES string of the molecule is CC/C=C\C/C=C\C/C=C\C/C=C\C/C=C\C/C=C\C/C=C\C/C=C\CCCCCCCCCCC(=O)NC(COP(=O)(O)OCC[N+](C)(C)C)C(O)CCCCCCCCCCCCCCCCCC. The van der Waals surface area contributed by atoms with E-state index in [4.69, 9.17) is 9.05 Å². The van der Waals surface area contributed by atoms with Gasteiger partial charge in [-0.25, -0.2) is 4.57 Å². The van der Waals surface area contributed by atoms with Crippen molar-refractivity contribution in [2.24, 2.45) is 0 Å². The van der Waals surface area contributed by atoms with Crippen molar-refractivity contribution in [1.29, 1.82) is 0 Å². The second-order valence-electron chi connectivity index (χ2n) is 20.6. The summed E-state index contributed by atoms with van der Waals surface area (Å²) in [6, 6.07) is -0.772. The molecule has 3 atom stereocenters. The fourth-order valence-corrected chi connectivity index (χ4v) is 8.80. The number of allylic oxidation sites excluding steroid dienone is 16. The molecular weight excluding hydrogens is 900 g/mol. The molecule has 0 rings (SSSR count). The summed E-state index contributed by atoms with van der Waals surface area (Å²) in [5.41, 5.74) is 0. The molecule has 0 saturated heterocycles. The number of phosphoric ester groups is 1. The molecule has 3 N–H and O–H groups in total. The summed E-state index contributed by atoms with van der Waals surface area (Å²) in [4.78, 5) is 23.3. The van der Waals surface area contributed by atoms with Gasteiger partial charge in [-0.1, -0.05) is 252 Å². The predicted octanol–water partition coefficient (Wildman–Crippen LogP) is 17.8. The van der Waals surface area contributed by atoms with E-state index in [0.29, 0.717) is 23.9 Å². The number of aliphatic hydroxyl groups is 1. The van der Waals surface area contributed by atoms with Gasteiger partial charge in [-0.05, 0) is 77.0 Å². The first-order chi connectivity index (χ1) is 34.5. The van der Waals surface area contributed by atoms with Gasteiger partial charge >= 0.3 is 7.82 Å². The molecule has 0 spiro atoms. The van der Waals surface area contributed by atoms with Crippen LogP contribution >= 0.6 is 7.82 Å². The number of amides is 1. The summed E-state index contributed by atoms with van der Waals surface area (Å²) >= 11 is 0. The maximum absolute atomic E-state index is 13.0. The molecule has 0 aromatic carbocycles. The standard InChI is InChI=1S/C62H111N2O6P/c1-6-8-10-12-14-16-18-20-22-24-25-26-27-28-29-30-31-32-33-34-35-36-37-38-39-40-42-44-46-48-50-52-54-56-62(66)63-60(59-70-71(67,68)69-58-57-64(3,4)5)61(65)55-53-51-49-47-45-43-41-23-21-19-17-15-13-11-9-7-2/h8,10,14,16,20,22,25-26,28-29,31-32,34-35,37-38,60-61,65H,6-7,9,11-13,15,17-19,21,23-24,27,30,33,36,39-59H2,1-5H3,(H-,63,66,67,68)/p+1/b10-8-,16-14-,22-20-,26-25-,29-28-,32-31-,35-34-,38-37-. The number of unbranched alkanes of at least 4 members (excludes halogenated alkanes) is 23. The fraction of sp³-hybridized carbons (Fsp3) is 0.726. The second-order valence-corrected chi connectivity index (χ2v) is 22.1. The zero-order valence-electron chi connectivity index (χ0n) is 46.7. The molecule has 8 nitrogen and oxygen atoms in total. The van der Waals surface area contributed by atoms with Crippen molar-refractivity contribution >= 4 is 13.7 Å². The Bertz CT molecular complexity index is 1470. The average molecular weight is 1010 g/mol. The number of nitrogens with one attached hydrogen (secondary N) is 1. The molecule has 9 heteroatoms. The predicted molar refractivity (Wildman–Crippen MR) is 309 cm³/mol. The molecule has 0 aliphatic carbocycles. The number of hydrogen-bond acceptors (Lipinski definition) is 5. The summed E-state index contributed by atoms with van der Waals surface area (Å²) in [5.74, 6) is -0.156. The number of aliphatic hydroxyl groups excluding tert-OH is 1. The maximum atomic E-state index is 13.0. The van der Waals surface area contributed by atoms with Gasteiger partial charge in [-0.2, -0.15) is 0 Å². The van der Waals surface area contributed by atoms with Gasteiger partial charge in [0, 0.05) is 6.42 Å². The van der Waals surface area contributed by atoms with Gasteiger partial charge in [0.05, 0.1) is 39.9 Å². The van der Waals surface area contributed by atoms with Crippen molar-refractivity contribution in [3.05, 3.63) is 97.2 Å². The Kier molecular flexibility index (Phi) is 50.4. The van der Waals surface area contributed by atoms with E-state index in [1.807, 2.05) is 21.1 Å². The average Bonchev–Trinajstić information content (AvgIpc) is 3.33. The molecule has 71 heavy (non-hydrogen) atoms. The van der Waals surface area contributed by atoms with Crippen molar-refractivity contribution in [3.8, 4) is 0 Å². The Hall–Kier alpha value is -2.58. The number of carbonyl (C=O) groups excluding carboxylic acids is 1. The molecule has 0 aromatic rings. The molecule has 0 aliphatic heterocycles. The first kappa shape index (κ1) is 68.4. The van der Waals surface area contributed by atoms with Crippen LogP contribution in [-0.2, 0) is 18.4 Å². The summed E-state index contributed by atoms with van der Waals surface area (Å²) in [5, 5.41) is 14.0. The van der Waals surface area contributed by atoms with Crippen LogP contribution in [0.1, 0.15) is 239 Å². The van der Waals surface area contributed by atoms with Crippen LogP contribution in [0.3, 0.4) is 0 Å². The molecule has 0 saturated carbocycles. The Morgan fingerprint density at radius 3 is 1.24 bits per heavy atom. The van der Waals surface area contributed by atoms with Crippen molar-refractivity contribution in [2.75, 3.05) is 40.9 Å². The van der Waals surface area contributed by atoms with Crippen LogP contribution in [0.5, 0.6) is 0 Å². The molecule has 0 fully saturated rings. The highest BCUT2D eigenvalue weighted by Gasteiger charge is 2.28. The molecule has 0 radical (unpaired) electrons. The third kappa shape index (κ3) is 55.0. The summed E-state index contributed by atoms with van der Waals surface area (Å²) in [6.07, 6.45) is 74.6. The number of carbonyl (C=O) groups is 1. The third-order valence-electron chi connectivity index (χ3n) is 12.6. The molecule has 0 bridgehead atoms. The van der Waals surface area contributed by atoms with E-state index in [-0.39, 0.29) is 19.1 Å². The minimum Gasteiger partial charge on any atom is -0.391 e. The molecule has 0 heterocycles. The summed E-state index contributed by atoms with van der Waals surface area (Å²) < 4.78 is 23.8. The van der Waals surface area contributed by atoms with Crippen LogP contribution < -0.4 is 5.32 Å². The smallest absolute Gasteiger partial charge is 0.391 e. The van der Waals surface area contributed by atoms with Crippen molar-refractivity contribution in [2.45, 2.75) is 251 Å². The van der Waals surface area contributed by atoms with E-state index in [9.17, 15) is 19.4 Å². The third-order valence-corrected chi connectivity index (χ3v) is 13.6. The number of phosphoric acid groups is 1. The van der Waals surface area contributed by atoms with E-state index in [1.165, 1.54) is 116 Å². The lowest BCUT2D eigenvalue weighted by molar-refractivity contribution is -0.870. The minimum absolute atomic E-state index is 0.0686. The van der Waals surface area contributed by atoms with Gasteiger partial charge < -0.3 is 19.8 Å².